The van der Waals surface area contributed by atoms with E-state index >= 15 is 0 Å². The number of carboxylic acids is 1. The molecular formula is C7H7ClN4O6. The molecule has 1 aromatic rings. The lowest BCUT2D eigenvalue weighted by atomic mass is 10.2. The van der Waals surface area contributed by atoms with Crippen LogP contribution in [-0.2, 0) is 9.59 Å². The molecule has 0 bridgehead atoms. The van der Waals surface area contributed by atoms with Gasteiger partial charge in [0.25, 0.3) is 0 Å². The summed E-state index contributed by atoms with van der Waals surface area (Å²) >= 11 is 5.42. The van der Waals surface area contributed by atoms with E-state index in [1.54, 1.807) is 5.73 Å². The Morgan fingerprint density at radius 3 is 2.56 bits per heavy atom. The monoisotopic (exact) mass is 279 g/mol. The Balaban J connectivity index is 2.82. The van der Waals surface area contributed by atoms with Gasteiger partial charge in [0.2, 0.25) is 11.2 Å². The lowest BCUT2D eigenvalue weighted by Gasteiger charge is -2.11. The first-order valence-electron chi connectivity index (χ1n) is 4.75. The zero-order valence-corrected chi connectivity index (χ0v) is 9.20. The van der Waals surface area contributed by atoms with Crippen molar-refractivity contribution in [2.45, 2.75) is 12.2 Å². The number of carbonyl (C=O) groups excluding carboxylic acids is 1. The van der Waals surface area contributed by atoms with Crippen molar-refractivity contribution >= 4 is 29.5 Å². The summed E-state index contributed by atoms with van der Waals surface area (Å²) in [6, 6.07) is -0.670. The van der Waals surface area contributed by atoms with Crippen molar-refractivity contribution in [3.05, 3.63) is 5.28 Å². The molecule has 10 nitrogen and oxygen atoms in total. The number of ether oxygens (including phenoxy) is 1. The number of aliphatic hydroxyl groups is 2. The number of carbonyl (C=O) groups is 2. The fraction of sp³-hybridized carbons (Fsp3) is 0.286. The topological polar surface area (TPSA) is 169 Å². The van der Waals surface area contributed by atoms with Crippen LogP contribution in [0.15, 0.2) is 0 Å². The minimum atomic E-state index is -2.36. The standard InChI is InChI=1S/C7H7ClN4O6/c8-5-10-6(9)12-7(11-5)18-4(17)2(14)1(13)3(15)16/h1-2,13-14H,(H,15,16)(H2,9,10,11,12)/i/hD. The van der Waals surface area contributed by atoms with Crippen LogP contribution in [0.1, 0.15) is 0 Å². The number of rotatable bonds is 5. The van der Waals surface area contributed by atoms with Crippen molar-refractivity contribution in [2.75, 3.05) is 5.73 Å². The Labute approximate surface area is 105 Å². The number of nitrogens with two attached hydrogens (primary N) is 1. The molecule has 1 heterocycles. The van der Waals surface area contributed by atoms with Gasteiger partial charge >= 0.3 is 17.9 Å². The second kappa shape index (κ2) is 5.53. The molecule has 2 unspecified atom stereocenters. The molecule has 0 fully saturated rings. The van der Waals surface area contributed by atoms with Gasteiger partial charge in [0.05, 0.1) is 0 Å². The van der Waals surface area contributed by atoms with Crippen LogP contribution in [0, 0.1) is 0 Å². The van der Waals surface area contributed by atoms with Crippen molar-refractivity contribution in [2.24, 2.45) is 0 Å². The van der Waals surface area contributed by atoms with Crippen molar-refractivity contribution in [3.63, 3.8) is 0 Å². The zero-order valence-electron chi connectivity index (χ0n) is 9.44. The number of aliphatic carboxylic acids is 1. The number of hydrogen-bond donors (Lipinski definition) is 4. The summed E-state index contributed by atoms with van der Waals surface area (Å²) in [6.45, 7) is 0. The highest BCUT2D eigenvalue weighted by Gasteiger charge is 2.32. The summed E-state index contributed by atoms with van der Waals surface area (Å²) in [5.74, 6) is -3.66. The molecule has 5 N–H and O–H groups in total. The maximum absolute atomic E-state index is 11.3. The van der Waals surface area contributed by atoms with Gasteiger partial charge in [-0.25, -0.2) is 9.59 Å². The average Bonchev–Trinajstić information content (AvgIpc) is 2.35. The Morgan fingerprint density at radius 2 is 2.00 bits per heavy atom. The summed E-state index contributed by atoms with van der Waals surface area (Å²) in [5, 5.41) is 26.1. The summed E-state index contributed by atoms with van der Waals surface area (Å²) in [7, 11) is 0. The highest BCUT2D eigenvalue weighted by Crippen LogP contribution is 2.10. The van der Waals surface area contributed by atoms with Crippen molar-refractivity contribution < 1.29 is 31.1 Å². The third-order valence-corrected chi connectivity index (χ3v) is 1.74. The maximum atomic E-state index is 11.3. The van der Waals surface area contributed by atoms with E-state index in [0.717, 1.165) is 0 Å². The number of aromatic nitrogens is 3. The Morgan fingerprint density at radius 1 is 1.33 bits per heavy atom. The number of halogens is 1. The van der Waals surface area contributed by atoms with Crippen LogP contribution in [0.2, 0.25) is 6.70 Å². The molecule has 0 aliphatic rings. The van der Waals surface area contributed by atoms with E-state index < -0.39 is 35.4 Å². The number of aliphatic hydroxyl groups excluding tert-OH is 2. The van der Waals surface area contributed by atoms with Crippen molar-refractivity contribution in [3.8, 4) is 6.01 Å². The van der Waals surface area contributed by atoms with E-state index in [4.69, 9.17) is 28.3 Å². The molecule has 0 radical (unpaired) electrons. The van der Waals surface area contributed by atoms with Gasteiger partial charge in [-0.05, 0) is 11.6 Å². The average molecular weight is 280 g/mol. The minimum absolute atomic E-state index is 0.337. The van der Waals surface area contributed by atoms with Crippen LogP contribution in [0.3, 0.4) is 0 Å². The number of hydrogen-bond acceptors (Lipinski definition) is 9. The molecule has 0 amide bonds. The third-order valence-electron chi connectivity index (χ3n) is 1.57. The van der Waals surface area contributed by atoms with Crippen molar-refractivity contribution in [1.82, 2.24) is 15.0 Å². The first-order chi connectivity index (χ1) is 8.85. The molecule has 0 aromatic carbocycles. The molecule has 18 heavy (non-hydrogen) atoms. The predicted octanol–water partition coefficient (Wildman–Crippen LogP) is -2.18. The number of carboxylic acid groups (broad SMARTS) is 1. The van der Waals surface area contributed by atoms with Crippen LogP contribution in [0.5, 0.6) is 6.01 Å². The molecule has 0 aliphatic heterocycles. The number of anilines is 1. The highest BCUT2D eigenvalue weighted by atomic mass is 35.5. The zero-order chi connectivity index (χ0) is 14.6. The van der Waals surface area contributed by atoms with E-state index in [0.29, 0.717) is 0 Å². The molecule has 0 spiro atoms. The van der Waals surface area contributed by atoms with E-state index in [-0.39, 0.29) is 5.95 Å². The number of nitrogen functional groups attached to an aromatic ring is 1. The summed E-state index contributed by atoms with van der Waals surface area (Å²) in [6.07, 6.45) is -4.70. The lowest BCUT2D eigenvalue weighted by Crippen LogP contribution is -2.42. The van der Waals surface area contributed by atoms with Gasteiger partial charge in [0.15, 0.2) is 13.6 Å². The number of esters is 1. The first-order valence-corrected chi connectivity index (χ1v) is 4.63. The van der Waals surface area contributed by atoms with Gasteiger partial charge in [-0.3, -0.25) is 0 Å². The largest absolute Gasteiger partial charge is 0.479 e. The lowest BCUT2D eigenvalue weighted by molar-refractivity contribution is -0.164. The fourth-order valence-corrected chi connectivity index (χ4v) is 0.944. The Hall–Kier alpha value is -2.04. The van der Waals surface area contributed by atoms with Gasteiger partial charge in [0.1, 0.15) is 0 Å². The van der Waals surface area contributed by atoms with Gasteiger partial charge < -0.3 is 25.8 Å². The second-order valence-corrected chi connectivity index (χ2v) is 3.20. The van der Waals surface area contributed by atoms with Gasteiger partial charge in [-0.2, -0.15) is 15.0 Å². The quantitative estimate of drug-likeness (QED) is 0.434. The van der Waals surface area contributed by atoms with Crippen molar-refractivity contribution in [1.29, 1.82) is 0 Å². The highest BCUT2D eigenvalue weighted by molar-refractivity contribution is 6.28. The third kappa shape index (κ3) is 3.48. The molecule has 1 aromatic heterocycles. The van der Waals surface area contributed by atoms with E-state index in [1.807, 2.05) is 0 Å². The van der Waals surface area contributed by atoms with E-state index in [2.05, 4.69) is 19.7 Å². The fourth-order valence-electron chi connectivity index (χ4n) is 0.792. The SMILES string of the molecule is [2H]Nc1nc(Cl)nc(OC(=O)C(O)C(O)C(=O)O)n1. The van der Waals surface area contributed by atoms with Gasteiger partial charge in [-0.1, -0.05) is 0 Å². The molecule has 0 aliphatic carbocycles. The summed E-state index contributed by atoms with van der Waals surface area (Å²) in [5.41, 5.74) is 1.76. The van der Waals surface area contributed by atoms with Crippen LogP contribution in [0.4, 0.5) is 5.95 Å². The summed E-state index contributed by atoms with van der Waals surface area (Å²) < 4.78 is 11.1. The van der Waals surface area contributed by atoms with Gasteiger partial charge in [-0.15, -0.1) is 0 Å². The summed E-state index contributed by atoms with van der Waals surface area (Å²) in [4.78, 5) is 31.8. The van der Waals surface area contributed by atoms with Crippen LogP contribution >= 0.6 is 11.6 Å². The molecule has 0 saturated heterocycles. The smallest absolute Gasteiger partial charge is 0.346 e. The van der Waals surface area contributed by atoms with Gasteiger partial charge in [0, 0.05) is 0 Å². The van der Waals surface area contributed by atoms with Crippen LogP contribution in [0.25, 0.3) is 0 Å². The molecule has 1 rings (SSSR count). The minimum Gasteiger partial charge on any atom is -0.479 e. The maximum Gasteiger partial charge on any atom is 0.346 e. The molecule has 2 atom stereocenters. The van der Waals surface area contributed by atoms with Crippen LogP contribution < -0.4 is 10.5 Å². The molecule has 0 saturated carbocycles. The first kappa shape index (κ1) is 12.4. The Kier molecular flexibility index (Phi) is 3.82. The molecule has 11 heteroatoms. The Bertz CT molecular complexity index is 502. The molecule has 98 valence electrons. The van der Waals surface area contributed by atoms with Crippen LogP contribution in [-0.4, -0.2) is 54.4 Å². The second-order valence-electron chi connectivity index (χ2n) is 2.86. The normalized spacial score (nSPS) is 14.3. The number of nitrogens with zero attached hydrogens (tertiary/aromatic N) is 3. The predicted molar refractivity (Wildman–Crippen MR) is 54.5 cm³/mol. The van der Waals surface area contributed by atoms with E-state index in [9.17, 15) is 9.59 Å². The molecular weight excluding hydrogens is 272 g/mol. The van der Waals surface area contributed by atoms with E-state index in [1.165, 1.54) is 0 Å².